The summed E-state index contributed by atoms with van der Waals surface area (Å²) in [7, 11) is 0. The maximum atomic E-state index is 13.2. The maximum absolute atomic E-state index is 13.2. The van der Waals surface area contributed by atoms with Crippen LogP contribution in [0.5, 0.6) is 0 Å². The van der Waals surface area contributed by atoms with Gasteiger partial charge in [-0.15, -0.1) is 19.0 Å². The van der Waals surface area contributed by atoms with E-state index in [1.807, 2.05) is 6.08 Å². The molecule has 1 aliphatic heterocycles. The average Bonchev–Trinajstić information content (AvgIpc) is 2.55. The number of unbranched alkanes of at least 4 members (excludes halogenated alkanes) is 2. The van der Waals surface area contributed by atoms with E-state index in [9.17, 15) is 13.2 Å². The minimum Gasteiger partial charge on any atom is -0.314 e. The Labute approximate surface area is 158 Å². The maximum Gasteiger partial charge on any atom is 0.417 e. The number of halogens is 5. The summed E-state index contributed by atoms with van der Waals surface area (Å²) < 4.78 is 39.5. The number of nitrogens with one attached hydrogen (secondary N) is 1. The lowest BCUT2D eigenvalue weighted by Crippen LogP contribution is -2.45. The minimum absolute atomic E-state index is 0. The molecule has 0 bridgehead atoms. The summed E-state index contributed by atoms with van der Waals surface area (Å²) >= 11 is 6.17. The molecule has 0 aliphatic carbocycles. The molecule has 0 unspecified atom stereocenters. The number of nitrogens with zero attached hydrogens (tertiary/aromatic N) is 1. The number of hydrogen-bond acceptors (Lipinski definition) is 2. The Hall–Kier alpha value is -0.750. The molecule has 7 heteroatoms. The predicted octanol–water partition coefficient (Wildman–Crippen LogP) is 5.47. The summed E-state index contributed by atoms with van der Waals surface area (Å²) in [5, 5.41) is 3.12. The van der Waals surface area contributed by atoms with Crippen LogP contribution in [0.25, 0.3) is 0 Å². The van der Waals surface area contributed by atoms with Gasteiger partial charge < -0.3 is 5.32 Å². The van der Waals surface area contributed by atoms with Crippen molar-refractivity contribution in [1.29, 1.82) is 0 Å². The molecule has 1 atom stereocenters. The first kappa shape index (κ1) is 22.3. The van der Waals surface area contributed by atoms with E-state index in [0.717, 1.165) is 57.9 Å². The van der Waals surface area contributed by atoms with Crippen molar-refractivity contribution in [3.63, 3.8) is 0 Å². The number of benzene rings is 1. The predicted molar refractivity (Wildman–Crippen MR) is 99.6 cm³/mol. The number of piperazine rings is 1. The Balaban J connectivity index is 0.00000312. The smallest absolute Gasteiger partial charge is 0.314 e. The second-order valence-electron chi connectivity index (χ2n) is 6.08. The molecule has 142 valence electrons. The molecule has 1 aromatic carbocycles. The zero-order valence-electron chi connectivity index (χ0n) is 14.1. The molecule has 0 amide bonds. The molecule has 0 saturated carbocycles. The molecule has 25 heavy (non-hydrogen) atoms. The lowest BCUT2D eigenvalue weighted by molar-refractivity contribution is -0.137. The second-order valence-corrected chi connectivity index (χ2v) is 6.46. The standard InChI is InChI=1S/C18H24ClF3N2.ClH/c1-2-3-4-5-9-16(24-12-10-23-11-13-24)14-7-6-8-15(17(14)19)18(20,21)22;/h2,6-8,16,23H,1,3-5,9-13H2;1H/t16-;/m0./s1. The van der Waals surface area contributed by atoms with Gasteiger partial charge in [-0.3, -0.25) is 4.90 Å². The molecule has 1 N–H and O–H groups in total. The van der Waals surface area contributed by atoms with Crippen molar-refractivity contribution in [2.24, 2.45) is 0 Å². The minimum atomic E-state index is -4.43. The average molecular weight is 397 g/mol. The van der Waals surface area contributed by atoms with Crippen LogP contribution in [0.2, 0.25) is 5.02 Å². The van der Waals surface area contributed by atoms with Gasteiger partial charge in [0.2, 0.25) is 0 Å². The Morgan fingerprint density at radius 2 is 1.92 bits per heavy atom. The Bertz CT molecular complexity index is 544. The number of allylic oxidation sites excluding steroid dienone is 1. The van der Waals surface area contributed by atoms with Crippen molar-refractivity contribution < 1.29 is 13.2 Å². The van der Waals surface area contributed by atoms with Gasteiger partial charge in [-0.2, -0.15) is 13.2 Å². The lowest BCUT2D eigenvalue weighted by atomic mass is 9.96. The second kappa shape index (κ2) is 10.4. The summed E-state index contributed by atoms with van der Waals surface area (Å²) in [6, 6.07) is 4.17. The normalized spacial score (nSPS) is 17.0. The first-order valence-electron chi connectivity index (χ1n) is 8.36. The fourth-order valence-corrected chi connectivity index (χ4v) is 3.54. The van der Waals surface area contributed by atoms with Crippen molar-refractivity contribution in [1.82, 2.24) is 10.2 Å². The van der Waals surface area contributed by atoms with Gasteiger partial charge in [-0.25, -0.2) is 0 Å². The molecule has 1 saturated heterocycles. The summed E-state index contributed by atoms with van der Waals surface area (Å²) in [5.41, 5.74) is -0.153. The molecular weight excluding hydrogens is 372 g/mol. The van der Waals surface area contributed by atoms with E-state index in [0.29, 0.717) is 5.56 Å². The van der Waals surface area contributed by atoms with Gasteiger partial charge in [0.15, 0.2) is 0 Å². The van der Waals surface area contributed by atoms with Gasteiger partial charge in [0.05, 0.1) is 10.6 Å². The third kappa shape index (κ3) is 6.17. The molecule has 1 aliphatic rings. The van der Waals surface area contributed by atoms with Crippen molar-refractivity contribution in [2.75, 3.05) is 26.2 Å². The van der Waals surface area contributed by atoms with Gasteiger partial charge in [0.1, 0.15) is 0 Å². The zero-order chi connectivity index (χ0) is 17.6. The number of rotatable bonds is 7. The summed E-state index contributed by atoms with van der Waals surface area (Å²) in [6.45, 7) is 7.04. The molecule has 0 spiro atoms. The Morgan fingerprint density at radius 1 is 1.24 bits per heavy atom. The fourth-order valence-electron chi connectivity index (χ4n) is 3.18. The van der Waals surface area contributed by atoms with Gasteiger partial charge in [-0.05, 0) is 30.9 Å². The zero-order valence-corrected chi connectivity index (χ0v) is 15.7. The van der Waals surface area contributed by atoms with Crippen molar-refractivity contribution >= 4 is 24.0 Å². The first-order chi connectivity index (χ1) is 11.4. The highest BCUT2D eigenvalue weighted by molar-refractivity contribution is 6.32. The van der Waals surface area contributed by atoms with Crippen LogP contribution in [0.4, 0.5) is 13.2 Å². The quantitative estimate of drug-likeness (QED) is 0.485. The molecule has 0 radical (unpaired) electrons. The molecule has 1 fully saturated rings. The van der Waals surface area contributed by atoms with E-state index in [1.54, 1.807) is 6.07 Å². The number of alkyl halides is 3. The summed E-state index contributed by atoms with van der Waals surface area (Å²) in [5.74, 6) is 0. The van der Waals surface area contributed by atoms with Crippen LogP contribution in [-0.4, -0.2) is 31.1 Å². The molecule has 1 aromatic rings. The van der Waals surface area contributed by atoms with Crippen molar-refractivity contribution in [2.45, 2.75) is 37.9 Å². The SMILES string of the molecule is C=CCCCC[C@@H](c1cccc(C(F)(F)F)c1Cl)N1CCNCC1.Cl. The van der Waals surface area contributed by atoms with Gasteiger partial charge in [-0.1, -0.05) is 36.2 Å². The highest BCUT2D eigenvalue weighted by Gasteiger charge is 2.35. The molecule has 2 nitrogen and oxygen atoms in total. The topological polar surface area (TPSA) is 15.3 Å². The third-order valence-corrected chi connectivity index (χ3v) is 4.84. The third-order valence-electron chi connectivity index (χ3n) is 4.42. The molecule has 2 rings (SSSR count). The molecule has 0 aromatic heterocycles. The lowest BCUT2D eigenvalue weighted by Gasteiger charge is -2.36. The Kier molecular flexibility index (Phi) is 9.28. The van der Waals surface area contributed by atoms with E-state index in [-0.39, 0.29) is 23.5 Å². The highest BCUT2D eigenvalue weighted by atomic mass is 35.5. The molecular formula is C18H25Cl2F3N2. The monoisotopic (exact) mass is 396 g/mol. The van der Waals surface area contributed by atoms with E-state index in [2.05, 4.69) is 16.8 Å². The van der Waals surface area contributed by atoms with Crippen LogP contribution in [0.1, 0.15) is 42.9 Å². The van der Waals surface area contributed by atoms with Gasteiger partial charge in [0, 0.05) is 32.2 Å². The van der Waals surface area contributed by atoms with Crippen LogP contribution < -0.4 is 5.32 Å². The number of hydrogen-bond donors (Lipinski definition) is 1. The highest BCUT2D eigenvalue weighted by Crippen LogP contribution is 2.40. The van der Waals surface area contributed by atoms with E-state index in [4.69, 9.17) is 11.6 Å². The van der Waals surface area contributed by atoms with E-state index in [1.165, 1.54) is 6.07 Å². The largest absolute Gasteiger partial charge is 0.417 e. The van der Waals surface area contributed by atoms with Crippen LogP contribution in [0, 0.1) is 0 Å². The van der Waals surface area contributed by atoms with Crippen LogP contribution in [-0.2, 0) is 6.18 Å². The first-order valence-corrected chi connectivity index (χ1v) is 8.74. The van der Waals surface area contributed by atoms with Crippen LogP contribution in [0.15, 0.2) is 30.9 Å². The van der Waals surface area contributed by atoms with Crippen molar-refractivity contribution in [3.05, 3.63) is 47.0 Å². The summed E-state index contributed by atoms with van der Waals surface area (Å²) in [4.78, 5) is 2.24. The Morgan fingerprint density at radius 3 is 2.52 bits per heavy atom. The van der Waals surface area contributed by atoms with E-state index >= 15 is 0 Å². The van der Waals surface area contributed by atoms with Crippen LogP contribution >= 0.6 is 24.0 Å². The van der Waals surface area contributed by atoms with Gasteiger partial charge >= 0.3 is 6.18 Å². The fraction of sp³-hybridized carbons (Fsp3) is 0.556. The summed E-state index contributed by atoms with van der Waals surface area (Å²) in [6.07, 6.45) is 1.09. The molecule has 1 heterocycles. The van der Waals surface area contributed by atoms with Crippen molar-refractivity contribution in [3.8, 4) is 0 Å². The van der Waals surface area contributed by atoms with E-state index < -0.39 is 11.7 Å². The van der Waals surface area contributed by atoms with Crippen LogP contribution in [0.3, 0.4) is 0 Å². The van der Waals surface area contributed by atoms with Gasteiger partial charge in [0.25, 0.3) is 0 Å².